The Balaban J connectivity index is 2.15. The molecule has 0 spiro atoms. The summed E-state index contributed by atoms with van der Waals surface area (Å²) in [7, 11) is 0. The Kier molecular flexibility index (Phi) is 4.13. The molecule has 1 aromatic carbocycles. The van der Waals surface area contributed by atoms with Crippen LogP contribution in [0.2, 0.25) is 0 Å². The van der Waals surface area contributed by atoms with Crippen molar-refractivity contribution >= 4 is 5.78 Å². The molecule has 112 valence electrons. The Morgan fingerprint density at radius 1 is 1.38 bits per heavy atom. The average Bonchev–Trinajstić information content (AvgIpc) is 2.88. The molecule has 7 heteroatoms. The van der Waals surface area contributed by atoms with E-state index < -0.39 is 23.6 Å². The monoisotopic (exact) mass is 298 g/mol. The number of carbonyl (C=O) groups excluding carboxylic acids is 1. The highest BCUT2D eigenvalue weighted by Crippen LogP contribution is 2.29. The van der Waals surface area contributed by atoms with Crippen LogP contribution in [0, 0.1) is 0 Å². The lowest BCUT2D eigenvalue weighted by atomic mass is 10.0. The molecule has 0 aliphatic heterocycles. The van der Waals surface area contributed by atoms with Crippen LogP contribution < -0.4 is 5.73 Å². The number of nitrogens with two attached hydrogens (primary N) is 1. The van der Waals surface area contributed by atoms with E-state index in [1.165, 1.54) is 18.2 Å². The van der Waals surface area contributed by atoms with E-state index in [-0.39, 0.29) is 17.7 Å². The van der Waals surface area contributed by atoms with Gasteiger partial charge in [-0.1, -0.05) is 23.4 Å². The van der Waals surface area contributed by atoms with Gasteiger partial charge in [0.1, 0.15) is 5.69 Å². The topological polar surface area (TPSA) is 69.1 Å². The zero-order valence-corrected chi connectivity index (χ0v) is 11.1. The van der Waals surface area contributed by atoms with Gasteiger partial charge in [-0.25, -0.2) is 0 Å². The maximum atomic E-state index is 12.6. The molecule has 2 aromatic rings. The van der Waals surface area contributed by atoms with Crippen molar-refractivity contribution in [3.8, 4) is 0 Å². The van der Waals surface area contributed by atoms with Gasteiger partial charge in [0.2, 0.25) is 0 Å². The van der Waals surface area contributed by atoms with E-state index >= 15 is 0 Å². The lowest BCUT2D eigenvalue weighted by molar-refractivity contribution is -0.137. The van der Waals surface area contributed by atoms with Gasteiger partial charge >= 0.3 is 6.18 Å². The van der Waals surface area contributed by atoms with Crippen molar-refractivity contribution in [1.82, 2.24) is 5.16 Å². The second-order valence-corrected chi connectivity index (χ2v) is 4.70. The van der Waals surface area contributed by atoms with E-state index in [1.807, 2.05) is 0 Å². The predicted molar refractivity (Wildman–Crippen MR) is 68.6 cm³/mol. The first-order valence-corrected chi connectivity index (χ1v) is 6.19. The zero-order valence-electron chi connectivity index (χ0n) is 11.1. The third-order valence-corrected chi connectivity index (χ3v) is 2.88. The highest BCUT2D eigenvalue weighted by atomic mass is 19.4. The smallest absolute Gasteiger partial charge is 0.359 e. The standard InChI is InChI=1S/C14H13F3N2O2/c1-8(18)13-7-11(19-21-13)12(20)6-9-3-2-4-10(5-9)14(15,16)17/h2-5,7-8H,6,18H2,1H3/t8-/m1/s1. The van der Waals surface area contributed by atoms with Crippen molar-refractivity contribution in [3.05, 3.63) is 52.9 Å². The molecule has 2 rings (SSSR count). The summed E-state index contributed by atoms with van der Waals surface area (Å²) in [5, 5.41) is 3.58. The number of alkyl halides is 3. The number of rotatable bonds is 4. The first kappa shape index (κ1) is 15.2. The molecule has 2 N–H and O–H groups in total. The van der Waals surface area contributed by atoms with Gasteiger partial charge in [-0.05, 0) is 18.6 Å². The van der Waals surface area contributed by atoms with E-state index in [0.717, 1.165) is 12.1 Å². The maximum Gasteiger partial charge on any atom is 0.416 e. The van der Waals surface area contributed by atoms with Crippen LogP contribution in [-0.2, 0) is 12.6 Å². The van der Waals surface area contributed by atoms with E-state index in [0.29, 0.717) is 5.76 Å². The number of carbonyl (C=O) groups is 1. The molecule has 0 aliphatic rings. The first-order valence-electron chi connectivity index (χ1n) is 6.19. The summed E-state index contributed by atoms with van der Waals surface area (Å²) in [4.78, 5) is 12.0. The summed E-state index contributed by atoms with van der Waals surface area (Å²) in [5.74, 6) is -0.0765. The van der Waals surface area contributed by atoms with Crippen LogP contribution >= 0.6 is 0 Å². The van der Waals surface area contributed by atoms with Crippen LogP contribution in [0.3, 0.4) is 0 Å². The van der Waals surface area contributed by atoms with Gasteiger partial charge in [-0.15, -0.1) is 0 Å². The summed E-state index contributed by atoms with van der Waals surface area (Å²) in [6.45, 7) is 1.67. The summed E-state index contributed by atoms with van der Waals surface area (Å²) < 4.78 is 42.7. The van der Waals surface area contributed by atoms with Gasteiger partial charge in [-0.2, -0.15) is 13.2 Å². The second kappa shape index (κ2) is 5.69. The number of halogens is 3. The Labute approximate surface area is 118 Å². The van der Waals surface area contributed by atoms with Gasteiger partial charge in [-0.3, -0.25) is 4.79 Å². The molecule has 21 heavy (non-hydrogen) atoms. The third kappa shape index (κ3) is 3.69. The molecule has 0 aliphatic carbocycles. The van der Waals surface area contributed by atoms with Crippen LogP contribution in [0.25, 0.3) is 0 Å². The SMILES string of the molecule is C[C@@H](N)c1cc(C(=O)Cc2cccc(C(F)(F)F)c2)no1. The molecular weight excluding hydrogens is 285 g/mol. The number of ketones is 1. The Morgan fingerprint density at radius 2 is 2.10 bits per heavy atom. The lowest BCUT2D eigenvalue weighted by Crippen LogP contribution is -2.08. The van der Waals surface area contributed by atoms with Crippen LogP contribution in [0.5, 0.6) is 0 Å². The van der Waals surface area contributed by atoms with Gasteiger partial charge in [0.25, 0.3) is 0 Å². The fourth-order valence-corrected chi connectivity index (χ4v) is 1.77. The summed E-state index contributed by atoms with van der Waals surface area (Å²) >= 11 is 0. The van der Waals surface area contributed by atoms with Crippen LogP contribution in [0.4, 0.5) is 13.2 Å². The van der Waals surface area contributed by atoms with E-state index in [2.05, 4.69) is 5.16 Å². The molecule has 0 bridgehead atoms. The predicted octanol–water partition coefficient (Wildman–Crippen LogP) is 3.14. The maximum absolute atomic E-state index is 12.6. The fourth-order valence-electron chi connectivity index (χ4n) is 1.77. The van der Waals surface area contributed by atoms with Crippen LogP contribution in [0.15, 0.2) is 34.9 Å². The molecule has 1 atom stereocenters. The minimum absolute atomic E-state index is 0.0553. The Morgan fingerprint density at radius 3 is 2.67 bits per heavy atom. The highest BCUT2D eigenvalue weighted by molar-refractivity contribution is 5.95. The van der Waals surface area contributed by atoms with E-state index in [1.54, 1.807) is 6.92 Å². The van der Waals surface area contributed by atoms with Crippen molar-refractivity contribution in [1.29, 1.82) is 0 Å². The number of hydrogen-bond acceptors (Lipinski definition) is 4. The zero-order chi connectivity index (χ0) is 15.6. The molecule has 0 radical (unpaired) electrons. The molecule has 0 fully saturated rings. The largest absolute Gasteiger partial charge is 0.416 e. The highest BCUT2D eigenvalue weighted by Gasteiger charge is 2.30. The molecule has 0 unspecified atom stereocenters. The third-order valence-electron chi connectivity index (χ3n) is 2.88. The minimum atomic E-state index is -4.44. The van der Waals surface area contributed by atoms with Crippen molar-refractivity contribution in [3.63, 3.8) is 0 Å². The fraction of sp³-hybridized carbons (Fsp3) is 0.286. The van der Waals surface area contributed by atoms with Crippen molar-refractivity contribution < 1.29 is 22.5 Å². The second-order valence-electron chi connectivity index (χ2n) is 4.70. The molecule has 0 saturated heterocycles. The average molecular weight is 298 g/mol. The normalized spacial score (nSPS) is 13.2. The minimum Gasteiger partial charge on any atom is -0.359 e. The van der Waals surface area contributed by atoms with Gasteiger partial charge < -0.3 is 10.3 Å². The first-order chi connectivity index (χ1) is 9.77. The van der Waals surface area contributed by atoms with Crippen molar-refractivity contribution in [2.75, 3.05) is 0 Å². The molecule has 0 saturated carbocycles. The van der Waals surface area contributed by atoms with E-state index in [9.17, 15) is 18.0 Å². The van der Waals surface area contributed by atoms with Gasteiger partial charge in [0.05, 0.1) is 11.6 Å². The van der Waals surface area contributed by atoms with E-state index in [4.69, 9.17) is 10.3 Å². The number of benzene rings is 1. The number of hydrogen-bond donors (Lipinski definition) is 1. The van der Waals surface area contributed by atoms with Crippen LogP contribution in [-0.4, -0.2) is 10.9 Å². The number of nitrogens with zero attached hydrogens (tertiary/aromatic N) is 1. The quantitative estimate of drug-likeness (QED) is 0.880. The van der Waals surface area contributed by atoms with Crippen molar-refractivity contribution in [2.24, 2.45) is 5.73 Å². The lowest BCUT2D eigenvalue weighted by Gasteiger charge is -2.07. The Bertz CT molecular complexity index is 648. The van der Waals surface area contributed by atoms with Gasteiger partial charge in [0, 0.05) is 12.5 Å². The molecule has 4 nitrogen and oxygen atoms in total. The number of aromatic nitrogens is 1. The number of Topliss-reactive ketones (excluding diaryl/α,β-unsaturated/α-hetero) is 1. The van der Waals surface area contributed by atoms with Crippen LogP contribution in [0.1, 0.15) is 40.3 Å². The summed E-state index contributed by atoms with van der Waals surface area (Å²) in [5.41, 5.74) is 5.11. The summed E-state index contributed by atoms with van der Waals surface area (Å²) in [6, 6.07) is 5.62. The van der Waals surface area contributed by atoms with Gasteiger partial charge in [0.15, 0.2) is 11.5 Å². The molecule has 1 heterocycles. The molecule has 0 amide bonds. The summed E-state index contributed by atoms with van der Waals surface area (Å²) in [6.07, 6.45) is -4.62. The molecule has 1 aromatic heterocycles. The van der Waals surface area contributed by atoms with Crippen molar-refractivity contribution in [2.45, 2.75) is 25.6 Å². The molecular formula is C14H13F3N2O2. The Hall–Kier alpha value is -2.15.